The number of likely N-dealkylation sites (N-methyl/N-ethyl adjacent to an activating group) is 2. The van der Waals surface area contributed by atoms with Crippen LogP contribution in [0, 0.1) is 11.6 Å². The Kier molecular flexibility index (Phi) is 7.88. The average molecular weight is 507 g/mol. The van der Waals surface area contributed by atoms with Gasteiger partial charge >= 0.3 is 0 Å². The van der Waals surface area contributed by atoms with Gasteiger partial charge in [0.2, 0.25) is 5.91 Å². The highest BCUT2D eigenvalue weighted by atomic mass is 19.1. The lowest BCUT2D eigenvalue weighted by molar-refractivity contribution is -0.132. The van der Waals surface area contributed by atoms with Crippen molar-refractivity contribution in [3.63, 3.8) is 0 Å². The van der Waals surface area contributed by atoms with Crippen LogP contribution >= 0.6 is 0 Å². The lowest BCUT2D eigenvalue weighted by atomic mass is 10.0. The number of rotatable bonds is 7. The number of carbonyl (C=O) groups is 2. The van der Waals surface area contributed by atoms with Crippen molar-refractivity contribution in [2.24, 2.45) is 0 Å². The van der Waals surface area contributed by atoms with Crippen molar-refractivity contribution in [2.75, 3.05) is 57.6 Å². The van der Waals surface area contributed by atoms with Crippen molar-refractivity contribution in [1.29, 1.82) is 0 Å². The molecule has 37 heavy (non-hydrogen) atoms. The maximum absolute atomic E-state index is 15.2. The van der Waals surface area contributed by atoms with Crippen LogP contribution in [0.4, 0.5) is 20.2 Å². The topological polar surface area (TPSA) is 47.1 Å². The molecule has 194 valence electrons. The molecular weight excluding hydrogens is 474 g/mol. The minimum atomic E-state index is -0.410. The summed E-state index contributed by atoms with van der Waals surface area (Å²) in [4.78, 5) is 32.4. The molecule has 1 heterocycles. The van der Waals surface area contributed by atoms with E-state index in [9.17, 15) is 14.0 Å². The van der Waals surface area contributed by atoms with Crippen LogP contribution in [0.25, 0.3) is 11.1 Å². The molecular formula is C29H32F2N4O2. The van der Waals surface area contributed by atoms with Crippen molar-refractivity contribution in [3.8, 4) is 11.1 Å². The van der Waals surface area contributed by atoms with Gasteiger partial charge in [-0.2, -0.15) is 0 Å². The molecule has 0 aliphatic carbocycles. The Labute approximate surface area is 216 Å². The maximum Gasteiger partial charge on any atom is 0.258 e. The van der Waals surface area contributed by atoms with Gasteiger partial charge in [0.25, 0.3) is 5.91 Å². The van der Waals surface area contributed by atoms with Gasteiger partial charge in [-0.05, 0) is 74.1 Å². The van der Waals surface area contributed by atoms with Crippen LogP contribution in [-0.4, -0.2) is 75.5 Å². The molecule has 2 amide bonds. The van der Waals surface area contributed by atoms with Crippen LogP contribution in [0.15, 0.2) is 66.7 Å². The Morgan fingerprint density at radius 2 is 1.51 bits per heavy atom. The zero-order chi connectivity index (χ0) is 26.7. The number of anilines is 2. The molecule has 1 aliphatic heterocycles. The molecule has 8 heteroatoms. The van der Waals surface area contributed by atoms with Crippen LogP contribution in [0.1, 0.15) is 16.8 Å². The van der Waals surface area contributed by atoms with Gasteiger partial charge in [0.05, 0.1) is 18.3 Å². The largest absolute Gasteiger partial charge is 0.367 e. The molecule has 0 N–H and O–H groups in total. The van der Waals surface area contributed by atoms with Gasteiger partial charge < -0.3 is 19.6 Å². The zero-order valence-electron chi connectivity index (χ0n) is 21.6. The lowest BCUT2D eigenvalue weighted by Gasteiger charge is -2.27. The molecule has 1 saturated heterocycles. The SMILES string of the molecule is CN(C)CC(=O)N(C)C1CCN(c2ccc(N(C)C(=O)c3ccc(-c4ccc(F)cc4)cc3)cc2F)C1. The minimum absolute atomic E-state index is 0.0219. The number of benzene rings is 3. The smallest absolute Gasteiger partial charge is 0.258 e. The molecule has 0 radical (unpaired) electrons. The van der Waals surface area contributed by atoms with Crippen LogP contribution in [-0.2, 0) is 4.79 Å². The third kappa shape index (κ3) is 5.97. The molecule has 1 aliphatic rings. The summed E-state index contributed by atoms with van der Waals surface area (Å²) in [5.41, 5.74) is 3.09. The highest BCUT2D eigenvalue weighted by molar-refractivity contribution is 6.06. The normalized spacial score (nSPS) is 15.2. The fourth-order valence-corrected chi connectivity index (χ4v) is 4.58. The first-order chi connectivity index (χ1) is 17.6. The van der Waals surface area contributed by atoms with E-state index in [2.05, 4.69) is 0 Å². The molecule has 4 rings (SSSR count). The summed E-state index contributed by atoms with van der Waals surface area (Å²) in [5.74, 6) is -0.937. The van der Waals surface area contributed by atoms with E-state index in [4.69, 9.17) is 0 Å². The number of hydrogen-bond acceptors (Lipinski definition) is 4. The van der Waals surface area contributed by atoms with E-state index in [1.165, 1.54) is 23.1 Å². The quantitative estimate of drug-likeness (QED) is 0.473. The van der Waals surface area contributed by atoms with Gasteiger partial charge in [-0.1, -0.05) is 24.3 Å². The Morgan fingerprint density at radius 1 is 0.892 bits per heavy atom. The van der Waals surface area contributed by atoms with Gasteiger partial charge in [-0.3, -0.25) is 9.59 Å². The van der Waals surface area contributed by atoms with Gasteiger partial charge in [0, 0.05) is 38.4 Å². The molecule has 3 aromatic rings. The summed E-state index contributed by atoms with van der Waals surface area (Å²) >= 11 is 0. The van der Waals surface area contributed by atoms with Crippen molar-refractivity contribution < 1.29 is 18.4 Å². The van der Waals surface area contributed by atoms with E-state index in [-0.39, 0.29) is 23.7 Å². The molecule has 1 fully saturated rings. The standard InChI is InChI=1S/C29H32F2N4O2/c1-32(2)19-28(36)33(3)25-15-16-35(18-25)27-14-13-24(17-26(27)31)34(4)29(37)22-7-5-20(6-8-22)21-9-11-23(30)12-10-21/h5-14,17,25H,15-16,18-19H2,1-4H3. The number of nitrogens with zero attached hydrogens (tertiary/aromatic N) is 4. The fraction of sp³-hybridized carbons (Fsp3) is 0.310. The molecule has 0 spiro atoms. The Morgan fingerprint density at radius 3 is 2.11 bits per heavy atom. The van der Waals surface area contributed by atoms with Gasteiger partial charge in [0.15, 0.2) is 0 Å². The van der Waals surface area contributed by atoms with Crippen LogP contribution in [0.2, 0.25) is 0 Å². The first-order valence-electron chi connectivity index (χ1n) is 12.2. The number of carbonyl (C=O) groups excluding carboxylic acids is 2. The van der Waals surface area contributed by atoms with Gasteiger partial charge in [0.1, 0.15) is 11.6 Å². The van der Waals surface area contributed by atoms with E-state index in [1.807, 2.05) is 36.0 Å². The van der Waals surface area contributed by atoms with E-state index in [1.54, 1.807) is 55.4 Å². The number of amides is 2. The van der Waals surface area contributed by atoms with Crippen LogP contribution < -0.4 is 9.80 Å². The number of halogens is 2. The second-order valence-electron chi connectivity index (χ2n) is 9.72. The van der Waals surface area contributed by atoms with Crippen molar-refractivity contribution in [3.05, 3.63) is 83.9 Å². The van der Waals surface area contributed by atoms with Crippen molar-refractivity contribution >= 4 is 23.2 Å². The molecule has 1 unspecified atom stereocenters. The summed E-state index contributed by atoms with van der Waals surface area (Å²) in [5, 5.41) is 0. The van der Waals surface area contributed by atoms with E-state index >= 15 is 4.39 Å². The minimum Gasteiger partial charge on any atom is -0.367 e. The first-order valence-corrected chi connectivity index (χ1v) is 12.2. The van der Waals surface area contributed by atoms with E-state index < -0.39 is 5.82 Å². The lowest BCUT2D eigenvalue weighted by Crippen LogP contribution is -2.43. The molecule has 0 bridgehead atoms. The highest BCUT2D eigenvalue weighted by Crippen LogP contribution is 2.29. The predicted octanol–water partition coefficient (Wildman–Crippen LogP) is 4.51. The second kappa shape index (κ2) is 11.1. The summed E-state index contributed by atoms with van der Waals surface area (Å²) < 4.78 is 28.3. The number of hydrogen-bond donors (Lipinski definition) is 0. The Balaban J connectivity index is 1.42. The van der Waals surface area contributed by atoms with Crippen molar-refractivity contribution in [2.45, 2.75) is 12.5 Å². The monoisotopic (exact) mass is 506 g/mol. The molecule has 1 atom stereocenters. The molecule has 0 saturated carbocycles. The highest BCUT2D eigenvalue weighted by Gasteiger charge is 2.30. The van der Waals surface area contributed by atoms with Gasteiger partial charge in [-0.15, -0.1) is 0 Å². The van der Waals surface area contributed by atoms with Gasteiger partial charge in [-0.25, -0.2) is 8.78 Å². The van der Waals surface area contributed by atoms with Crippen LogP contribution in [0.5, 0.6) is 0 Å². The zero-order valence-corrected chi connectivity index (χ0v) is 21.6. The molecule has 0 aromatic heterocycles. The average Bonchev–Trinajstić information content (AvgIpc) is 3.37. The summed E-state index contributed by atoms with van der Waals surface area (Å²) in [7, 11) is 7.12. The Hall–Kier alpha value is -3.78. The van der Waals surface area contributed by atoms with E-state index in [0.29, 0.717) is 36.6 Å². The third-order valence-electron chi connectivity index (χ3n) is 6.83. The first kappa shape index (κ1) is 26.3. The molecule has 6 nitrogen and oxygen atoms in total. The van der Waals surface area contributed by atoms with Crippen molar-refractivity contribution in [1.82, 2.24) is 9.80 Å². The summed E-state index contributed by atoms with van der Waals surface area (Å²) in [6.45, 7) is 1.54. The maximum atomic E-state index is 15.2. The Bertz CT molecular complexity index is 1260. The molecule has 3 aromatic carbocycles. The summed E-state index contributed by atoms with van der Waals surface area (Å²) in [6, 6.07) is 18.0. The third-order valence-corrected chi connectivity index (χ3v) is 6.83. The second-order valence-corrected chi connectivity index (χ2v) is 9.72. The predicted molar refractivity (Wildman–Crippen MR) is 143 cm³/mol. The summed E-state index contributed by atoms with van der Waals surface area (Å²) in [6.07, 6.45) is 0.767. The van der Waals surface area contributed by atoms with Crippen LogP contribution in [0.3, 0.4) is 0 Å². The van der Waals surface area contributed by atoms with E-state index in [0.717, 1.165) is 17.5 Å². The fourth-order valence-electron chi connectivity index (χ4n) is 4.58.